The van der Waals surface area contributed by atoms with Crippen LogP contribution in [0, 0.1) is 24.2 Å². The topological polar surface area (TPSA) is 3.24 Å². The summed E-state index contributed by atoms with van der Waals surface area (Å²) in [5.74, 6) is 5.43. The molecule has 0 radical (unpaired) electrons. The third-order valence-electron chi connectivity index (χ3n) is 8.37. The van der Waals surface area contributed by atoms with Gasteiger partial charge in [0.05, 0.1) is 0 Å². The Labute approximate surface area is 203 Å². The zero-order chi connectivity index (χ0) is 23.2. The van der Waals surface area contributed by atoms with Crippen LogP contribution < -0.4 is 0 Å². The molecular formula is C32H43N. The number of aryl methyl sites for hydroxylation is 1. The number of benzene rings is 1. The van der Waals surface area contributed by atoms with Crippen LogP contribution in [0.2, 0.25) is 0 Å². The molecule has 2 saturated carbocycles. The minimum Gasteiger partial charge on any atom is -0.300 e. The number of nitrogens with zero attached hydrogens (tertiary/aromatic N) is 1. The second kappa shape index (κ2) is 11.4. The van der Waals surface area contributed by atoms with Crippen molar-refractivity contribution in [3.8, 4) is 12.3 Å². The number of piperidine rings is 1. The Kier molecular flexibility index (Phi) is 8.32. The molecule has 0 aromatic heterocycles. The van der Waals surface area contributed by atoms with Gasteiger partial charge in [-0.05, 0) is 117 Å². The predicted octanol–water partition coefficient (Wildman–Crippen LogP) is 7.63. The maximum atomic E-state index is 5.67. The molecule has 1 heterocycles. The number of rotatable bonds is 10. The number of terminal acetylenes is 1. The van der Waals surface area contributed by atoms with E-state index in [0.29, 0.717) is 5.92 Å². The van der Waals surface area contributed by atoms with Crippen molar-refractivity contribution in [3.05, 3.63) is 70.8 Å². The molecule has 3 fully saturated rings. The zero-order valence-electron chi connectivity index (χ0n) is 21.0. The van der Waals surface area contributed by atoms with Crippen molar-refractivity contribution < 1.29 is 0 Å². The fourth-order valence-electron chi connectivity index (χ4n) is 5.99. The van der Waals surface area contributed by atoms with E-state index in [1.807, 2.05) is 19.1 Å². The molecule has 1 heteroatoms. The van der Waals surface area contributed by atoms with Gasteiger partial charge in [0.1, 0.15) is 0 Å². The lowest BCUT2D eigenvalue weighted by Crippen LogP contribution is -2.44. The lowest BCUT2D eigenvalue weighted by Gasteiger charge is -2.42. The van der Waals surface area contributed by atoms with E-state index in [1.165, 1.54) is 82.0 Å². The average molecular weight is 442 g/mol. The first-order valence-corrected chi connectivity index (χ1v) is 13.4. The summed E-state index contributed by atoms with van der Waals surface area (Å²) in [4.78, 5) is 2.76. The van der Waals surface area contributed by atoms with E-state index < -0.39 is 0 Å². The Balaban J connectivity index is 1.47. The van der Waals surface area contributed by atoms with Crippen molar-refractivity contribution in [3.63, 3.8) is 0 Å². The Morgan fingerprint density at radius 3 is 2.48 bits per heavy atom. The first kappa shape index (κ1) is 24.1. The van der Waals surface area contributed by atoms with Crippen molar-refractivity contribution in [1.82, 2.24) is 4.90 Å². The number of hydrogen-bond donors (Lipinski definition) is 0. The average Bonchev–Trinajstić information content (AvgIpc) is 3.55. The maximum absolute atomic E-state index is 5.67. The van der Waals surface area contributed by atoms with Gasteiger partial charge in [0, 0.05) is 11.6 Å². The minimum absolute atomic E-state index is 0.706. The van der Waals surface area contributed by atoms with Gasteiger partial charge in [-0.25, -0.2) is 0 Å². The molecule has 2 unspecified atom stereocenters. The first-order chi connectivity index (χ1) is 16.1. The lowest BCUT2D eigenvalue weighted by atomic mass is 9.83. The largest absolute Gasteiger partial charge is 0.300 e. The molecule has 0 spiro atoms. The fraction of sp³-hybridized carbons (Fsp3) is 0.562. The quantitative estimate of drug-likeness (QED) is 0.266. The molecule has 4 rings (SSSR count). The molecular weight excluding hydrogens is 398 g/mol. The molecule has 176 valence electrons. The van der Waals surface area contributed by atoms with E-state index in [-0.39, 0.29) is 0 Å². The van der Waals surface area contributed by atoms with Crippen LogP contribution in [0.1, 0.15) is 87.8 Å². The first-order valence-electron chi connectivity index (χ1n) is 13.4. The van der Waals surface area contributed by atoms with E-state index >= 15 is 0 Å². The molecule has 1 nitrogen and oxygen atoms in total. The van der Waals surface area contributed by atoms with Crippen LogP contribution >= 0.6 is 0 Å². The summed E-state index contributed by atoms with van der Waals surface area (Å²) in [7, 11) is 0. The molecule has 2 aliphatic carbocycles. The number of allylic oxidation sites excluding steroid dienone is 5. The summed E-state index contributed by atoms with van der Waals surface area (Å²) in [5, 5.41) is 0. The van der Waals surface area contributed by atoms with Gasteiger partial charge in [-0.1, -0.05) is 62.6 Å². The molecule has 2 atom stereocenters. The molecule has 1 saturated heterocycles. The highest BCUT2D eigenvalue weighted by molar-refractivity contribution is 5.43. The molecule has 1 aromatic carbocycles. The summed E-state index contributed by atoms with van der Waals surface area (Å²) in [5.41, 5.74) is 6.51. The van der Waals surface area contributed by atoms with E-state index in [9.17, 15) is 0 Å². The molecule has 33 heavy (non-hydrogen) atoms. The van der Waals surface area contributed by atoms with E-state index in [2.05, 4.69) is 48.6 Å². The number of likely N-dealkylation sites (tertiary alicyclic amines) is 1. The third kappa shape index (κ3) is 6.51. The van der Waals surface area contributed by atoms with Gasteiger partial charge in [0.2, 0.25) is 0 Å². The van der Waals surface area contributed by atoms with Crippen LogP contribution in [-0.4, -0.2) is 24.0 Å². The van der Waals surface area contributed by atoms with Crippen LogP contribution in [0.25, 0.3) is 0 Å². The van der Waals surface area contributed by atoms with Gasteiger partial charge >= 0.3 is 0 Å². The van der Waals surface area contributed by atoms with Gasteiger partial charge in [-0.3, -0.25) is 0 Å². The SMILES string of the molecule is C#CC(/C=C\C)=C/C(=C)Cc1cc(CCC2CC2CC)cc(C2CCN(C3CCC3)CC2)c1. The van der Waals surface area contributed by atoms with Crippen molar-refractivity contribution in [2.75, 3.05) is 13.1 Å². The van der Waals surface area contributed by atoms with Gasteiger partial charge < -0.3 is 4.90 Å². The van der Waals surface area contributed by atoms with Gasteiger partial charge in [-0.2, -0.15) is 0 Å². The van der Waals surface area contributed by atoms with Gasteiger partial charge in [0.15, 0.2) is 0 Å². The van der Waals surface area contributed by atoms with Crippen LogP contribution in [0.15, 0.2) is 54.2 Å². The maximum Gasteiger partial charge on any atom is 0.0241 e. The standard InChI is InChI=1S/C32H43N/c1-5-9-25(6-2)18-24(4)19-27-20-26(12-13-30-23-28(30)7-3)21-31(22-27)29-14-16-33(17-15-29)32-10-8-11-32/h2,5,9,18,20-22,28-30,32H,4,7-8,10-17,19,23H2,1,3H3/b9-5-,25-18-. The Morgan fingerprint density at radius 2 is 1.88 bits per heavy atom. The Morgan fingerprint density at radius 1 is 1.12 bits per heavy atom. The smallest absolute Gasteiger partial charge is 0.0241 e. The molecule has 3 aliphatic rings. The van der Waals surface area contributed by atoms with Crippen molar-refractivity contribution in [2.45, 2.75) is 90.0 Å². The van der Waals surface area contributed by atoms with Crippen LogP contribution in [0.5, 0.6) is 0 Å². The van der Waals surface area contributed by atoms with Crippen LogP contribution in [0.3, 0.4) is 0 Å². The summed E-state index contributed by atoms with van der Waals surface area (Å²) >= 11 is 0. The summed E-state index contributed by atoms with van der Waals surface area (Å²) in [6.07, 6.45) is 24.9. The Hall–Kier alpha value is -2.04. The summed E-state index contributed by atoms with van der Waals surface area (Å²) in [6, 6.07) is 8.35. The van der Waals surface area contributed by atoms with Crippen LogP contribution in [-0.2, 0) is 12.8 Å². The predicted molar refractivity (Wildman–Crippen MR) is 142 cm³/mol. The normalized spacial score (nSPS) is 24.6. The highest BCUT2D eigenvalue weighted by atomic mass is 15.2. The van der Waals surface area contributed by atoms with Crippen molar-refractivity contribution in [2.24, 2.45) is 11.8 Å². The van der Waals surface area contributed by atoms with Gasteiger partial charge in [-0.15, -0.1) is 6.42 Å². The van der Waals surface area contributed by atoms with Crippen molar-refractivity contribution >= 4 is 0 Å². The van der Waals surface area contributed by atoms with E-state index in [1.54, 1.807) is 5.56 Å². The molecule has 0 bridgehead atoms. The van der Waals surface area contributed by atoms with E-state index in [4.69, 9.17) is 6.42 Å². The molecule has 1 aromatic rings. The molecule has 0 N–H and O–H groups in total. The highest BCUT2D eigenvalue weighted by Crippen LogP contribution is 2.44. The fourth-order valence-corrected chi connectivity index (χ4v) is 5.99. The van der Waals surface area contributed by atoms with Crippen LogP contribution in [0.4, 0.5) is 0 Å². The van der Waals surface area contributed by atoms with Crippen molar-refractivity contribution in [1.29, 1.82) is 0 Å². The van der Waals surface area contributed by atoms with E-state index in [0.717, 1.165) is 35.4 Å². The molecule has 0 amide bonds. The zero-order valence-corrected chi connectivity index (χ0v) is 21.0. The number of hydrogen-bond acceptors (Lipinski definition) is 1. The highest BCUT2D eigenvalue weighted by Gasteiger charge is 2.34. The molecule has 1 aliphatic heterocycles. The van der Waals surface area contributed by atoms with Gasteiger partial charge in [0.25, 0.3) is 0 Å². The second-order valence-electron chi connectivity index (χ2n) is 10.8. The second-order valence-corrected chi connectivity index (χ2v) is 10.8. The Bertz CT molecular complexity index is 914. The lowest BCUT2D eigenvalue weighted by molar-refractivity contribution is 0.0975. The summed E-state index contributed by atoms with van der Waals surface area (Å²) < 4.78 is 0. The minimum atomic E-state index is 0.706. The summed E-state index contributed by atoms with van der Waals surface area (Å²) in [6.45, 7) is 11.2. The monoisotopic (exact) mass is 441 g/mol. The third-order valence-corrected chi connectivity index (χ3v) is 8.37.